The number of hydrogen-bond acceptors (Lipinski definition) is 5. The van der Waals surface area contributed by atoms with Gasteiger partial charge in [0, 0.05) is 38.3 Å². The summed E-state index contributed by atoms with van der Waals surface area (Å²) in [6.45, 7) is 4.34. The molecule has 4 rings (SSSR count). The van der Waals surface area contributed by atoms with Crippen LogP contribution in [0.5, 0.6) is 0 Å². The van der Waals surface area contributed by atoms with E-state index in [0.717, 1.165) is 37.8 Å². The summed E-state index contributed by atoms with van der Waals surface area (Å²) in [5, 5.41) is 7.50. The minimum atomic E-state index is 0.476. The van der Waals surface area contributed by atoms with E-state index in [-0.39, 0.29) is 0 Å². The first-order chi connectivity index (χ1) is 14.3. The fourth-order valence-electron chi connectivity index (χ4n) is 4.79. The number of aromatic nitrogens is 2. The van der Waals surface area contributed by atoms with Gasteiger partial charge in [0.05, 0.1) is 0 Å². The maximum absolute atomic E-state index is 5.63. The van der Waals surface area contributed by atoms with Gasteiger partial charge < -0.3 is 20.4 Å². The van der Waals surface area contributed by atoms with E-state index < -0.39 is 0 Å². The lowest BCUT2D eigenvalue weighted by molar-refractivity contribution is 0.535. The molecule has 0 spiro atoms. The summed E-state index contributed by atoms with van der Waals surface area (Å²) in [6.07, 6.45) is 15.3. The molecule has 0 amide bonds. The van der Waals surface area contributed by atoms with Crippen molar-refractivity contribution < 1.29 is 0 Å². The minimum Gasteiger partial charge on any atom is -0.360 e. The fourth-order valence-corrected chi connectivity index (χ4v) is 5.05. The van der Waals surface area contributed by atoms with E-state index in [2.05, 4.69) is 26.5 Å². The zero-order valence-corrected chi connectivity index (χ0v) is 18.5. The van der Waals surface area contributed by atoms with Gasteiger partial charge in [-0.05, 0) is 50.7 Å². The van der Waals surface area contributed by atoms with Gasteiger partial charge in [0.15, 0.2) is 5.11 Å². The molecule has 0 bridgehead atoms. The molecule has 7 heteroatoms. The third-order valence-corrected chi connectivity index (χ3v) is 6.69. The highest BCUT2D eigenvalue weighted by Gasteiger charge is 2.20. The smallest absolute Gasteiger partial charge is 0.232 e. The van der Waals surface area contributed by atoms with Crippen LogP contribution in [0.1, 0.15) is 77.0 Å². The van der Waals surface area contributed by atoms with Gasteiger partial charge in [0.2, 0.25) is 5.95 Å². The minimum absolute atomic E-state index is 0.476. The normalized spacial score (nSPS) is 21.5. The van der Waals surface area contributed by atoms with Gasteiger partial charge in [0.25, 0.3) is 0 Å². The predicted octanol–water partition coefficient (Wildman–Crippen LogP) is 4.47. The second-order valence-corrected chi connectivity index (χ2v) is 9.20. The van der Waals surface area contributed by atoms with Crippen molar-refractivity contribution in [3.63, 3.8) is 0 Å². The zero-order valence-electron chi connectivity index (χ0n) is 17.7. The van der Waals surface area contributed by atoms with Crippen molar-refractivity contribution in [2.75, 3.05) is 41.3 Å². The first-order valence-electron chi connectivity index (χ1n) is 11.7. The van der Waals surface area contributed by atoms with Gasteiger partial charge in [-0.3, -0.25) is 0 Å². The quantitative estimate of drug-likeness (QED) is 0.555. The molecular weight excluding hydrogens is 380 g/mol. The van der Waals surface area contributed by atoms with Crippen LogP contribution >= 0.6 is 12.2 Å². The van der Waals surface area contributed by atoms with Crippen LogP contribution in [0.25, 0.3) is 0 Å². The van der Waals surface area contributed by atoms with Gasteiger partial charge in [0.1, 0.15) is 11.6 Å². The first-order valence-corrected chi connectivity index (χ1v) is 12.2. The molecule has 1 aromatic rings. The molecule has 1 aromatic heterocycles. The lowest BCUT2D eigenvalue weighted by atomic mass is 10.1. The topological polar surface area (TPSA) is 56.3 Å². The highest BCUT2D eigenvalue weighted by molar-refractivity contribution is 7.80. The molecule has 0 atom stereocenters. The third-order valence-electron chi connectivity index (χ3n) is 6.47. The maximum atomic E-state index is 5.63. The second-order valence-electron chi connectivity index (χ2n) is 8.79. The molecular formula is C22H36N6S. The highest BCUT2D eigenvalue weighted by atomic mass is 32.1. The third kappa shape index (κ3) is 5.93. The summed E-state index contributed by atoms with van der Waals surface area (Å²) in [7, 11) is 0. The molecule has 1 saturated carbocycles. The molecule has 2 N–H and O–H groups in total. The second kappa shape index (κ2) is 10.4. The van der Waals surface area contributed by atoms with Crippen molar-refractivity contribution in [3.8, 4) is 0 Å². The van der Waals surface area contributed by atoms with Crippen molar-refractivity contribution in [2.45, 2.75) is 83.1 Å². The van der Waals surface area contributed by atoms with Crippen LogP contribution in [-0.4, -0.2) is 47.3 Å². The molecule has 2 saturated heterocycles. The summed E-state index contributed by atoms with van der Waals surface area (Å²) >= 11 is 5.63. The van der Waals surface area contributed by atoms with E-state index in [9.17, 15) is 0 Å². The lowest BCUT2D eigenvalue weighted by Crippen LogP contribution is -2.38. The van der Waals surface area contributed by atoms with E-state index in [1.54, 1.807) is 0 Å². The summed E-state index contributed by atoms with van der Waals surface area (Å²) < 4.78 is 0. The van der Waals surface area contributed by atoms with Gasteiger partial charge in [-0.1, -0.05) is 38.5 Å². The summed E-state index contributed by atoms with van der Waals surface area (Å²) in [4.78, 5) is 14.5. The Morgan fingerprint density at radius 3 is 1.79 bits per heavy atom. The number of rotatable bonds is 4. The SMILES string of the molecule is S=C(Nc1nc(N2CCCCCC2)cc(N2CCCC2)n1)NC1CCCCCC1. The molecule has 6 nitrogen and oxygen atoms in total. The van der Waals surface area contributed by atoms with Crippen LogP contribution in [-0.2, 0) is 0 Å². The molecule has 2 aliphatic heterocycles. The average Bonchev–Trinajstić information content (AvgIpc) is 2.95. The van der Waals surface area contributed by atoms with Crippen molar-refractivity contribution >= 4 is 34.9 Å². The molecule has 3 heterocycles. The first kappa shape index (κ1) is 20.6. The number of hydrogen-bond donors (Lipinski definition) is 2. The van der Waals surface area contributed by atoms with Crippen molar-refractivity contribution in [3.05, 3.63) is 6.07 Å². The molecule has 0 unspecified atom stereocenters. The standard InChI is InChI=1S/C22H36N6S/c29-22(23-18-11-5-1-2-6-12-18)26-21-24-19(27-13-7-3-4-8-14-27)17-20(25-21)28-15-9-10-16-28/h17-18H,1-16H2,(H2,23,24,25,26,29). The summed E-state index contributed by atoms with van der Waals surface area (Å²) in [5.41, 5.74) is 0. The zero-order chi connectivity index (χ0) is 19.9. The Morgan fingerprint density at radius 1 is 0.759 bits per heavy atom. The van der Waals surface area contributed by atoms with Crippen LogP contribution in [0, 0.1) is 0 Å². The predicted molar refractivity (Wildman–Crippen MR) is 125 cm³/mol. The maximum Gasteiger partial charge on any atom is 0.232 e. The van der Waals surface area contributed by atoms with E-state index >= 15 is 0 Å². The number of nitrogens with zero attached hydrogens (tertiary/aromatic N) is 4. The van der Waals surface area contributed by atoms with Gasteiger partial charge >= 0.3 is 0 Å². The Morgan fingerprint density at radius 2 is 1.24 bits per heavy atom. The fraction of sp³-hybridized carbons (Fsp3) is 0.773. The van der Waals surface area contributed by atoms with Crippen LogP contribution in [0.4, 0.5) is 17.6 Å². The monoisotopic (exact) mass is 416 g/mol. The van der Waals surface area contributed by atoms with E-state index in [4.69, 9.17) is 22.2 Å². The molecule has 29 heavy (non-hydrogen) atoms. The van der Waals surface area contributed by atoms with E-state index in [1.165, 1.54) is 77.0 Å². The highest BCUT2D eigenvalue weighted by Crippen LogP contribution is 2.26. The van der Waals surface area contributed by atoms with E-state index in [0.29, 0.717) is 17.1 Å². The average molecular weight is 417 g/mol. The summed E-state index contributed by atoms with van der Waals surface area (Å²) in [6, 6.07) is 2.66. The molecule has 160 valence electrons. The molecule has 0 radical (unpaired) electrons. The molecule has 3 fully saturated rings. The largest absolute Gasteiger partial charge is 0.360 e. The van der Waals surface area contributed by atoms with Gasteiger partial charge in [-0.25, -0.2) is 0 Å². The van der Waals surface area contributed by atoms with Crippen LogP contribution in [0.2, 0.25) is 0 Å². The Balaban J connectivity index is 1.48. The van der Waals surface area contributed by atoms with Crippen LogP contribution in [0.3, 0.4) is 0 Å². The Kier molecular flexibility index (Phi) is 7.41. The van der Waals surface area contributed by atoms with Crippen molar-refractivity contribution in [1.82, 2.24) is 15.3 Å². The Labute approximate surface area is 180 Å². The van der Waals surface area contributed by atoms with Crippen molar-refractivity contribution in [1.29, 1.82) is 0 Å². The van der Waals surface area contributed by atoms with Gasteiger partial charge in [-0.15, -0.1) is 0 Å². The Bertz CT molecular complexity index is 659. The summed E-state index contributed by atoms with van der Waals surface area (Å²) in [5.74, 6) is 2.72. The Hall–Kier alpha value is -1.63. The van der Waals surface area contributed by atoms with Crippen LogP contribution in [0.15, 0.2) is 6.07 Å². The number of thiocarbonyl (C=S) groups is 1. The van der Waals surface area contributed by atoms with Crippen LogP contribution < -0.4 is 20.4 Å². The van der Waals surface area contributed by atoms with Gasteiger partial charge in [-0.2, -0.15) is 9.97 Å². The molecule has 1 aliphatic carbocycles. The molecule has 0 aromatic carbocycles. The molecule has 3 aliphatic rings. The number of anilines is 3. The van der Waals surface area contributed by atoms with E-state index in [1.807, 2.05) is 0 Å². The number of nitrogens with one attached hydrogen (secondary N) is 2. The lowest BCUT2D eigenvalue weighted by Gasteiger charge is -2.25. The van der Waals surface area contributed by atoms with Crippen molar-refractivity contribution in [2.24, 2.45) is 0 Å².